The van der Waals surface area contributed by atoms with E-state index in [0.717, 1.165) is 88.4 Å². The summed E-state index contributed by atoms with van der Waals surface area (Å²) in [6, 6.07) is 5.28. The Balaban J connectivity index is 1.22. The summed E-state index contributed by atoms with van der Waals surface area (Å²) in [5.74, 6) is -0.927. The number of amides is 3. The Morgan fingerprint density at radius 1 is 0.875 bits per heavy atom. The highest BCUT2D eigenvalue weighted by molar-refractivity contribution is 6.00. The molecule has 3 heterocycles. The molecule has 2 aliphatic heterocycles. The minimum absolute atomic E-state index is 0.214. The number of piperidine rings is 2. The van der Waals surface area contributed by atoms with Crippen LogP contribution in [0.5, 0.6) is 0 Å². The van der Waals surface area contributed by atoms with Crippen molar-refractivity contribution in [2.24, 2.45) is 7.05 Å². The third-order valence-electron chi connectivity index (χ3n) is 8.49. The Morgan fingerprint density at radius 2 is 1.50 bits per heavy atom. The second-order valence-electron chi connectivity index (χ2n) is 11.3. The first-order valence-corrected chi connectivity index (χ1v) is 14.8. The molecule has 1 unspecified atom stereocenters. The van der Waals surface area contributed by atoms with Crippen molar-refractivity contribution < 1.29 is 24.3 Å². The molecule has 2 aliphatic rings. The number of likely N-dealkylation sites (tertiary alicyclic amines) is 1. The molecule has 2 saturated heterocycles. The van der Waals surface area contributed by atoms with Crippen LogP contribution in [-0.2, 0) is 26.2 Å². The Bertz CT molecular complexity index is 1290. The van der Waals surface area contributed by atoms with E-state index in [-0.39, 0.29) is 30.3 Å². The van der Waals surface area contributed by atoms with Gasteiger partial charge in [-0.05, 0) is 55.7 Å². The molecule has 218 valence electrons. The number of rotatable bonds is 13. The zero-order chi connectivity index (χ0) is 28.6. The van der Waals surface area contributed by atoms with Gasteiger partial charge in [-0.25, -0.2) is 4.79 Å². The number of aromatic nitrogens is 2. The van der Waals surface area contributed by atoms with E-state index in [1.165, 1.54) is 4.57 Å². The summed E-state index contributed by atoms with van der Waals surface area (Å²) in [6.07, 6.45) is 11.3. The van der Waals surface area contributed by atoms with Crippen LogP contribution in [-0.4, -0.2) is 55.9 Å². The SMILES string of the molecule is Cn1c(=O)n(C2CCC(=O)NC2=O)c2ccc(C3CCN(C(=O)CCCCCCCCCCC(=O)O)CC3)cc21. The van der Waals surface area contributed by atoms with Crippen LogP contribution in [0.2, 0.25) is 0 Å². The molecule has 1 aromatic heterocycles. The van der Waals surface area contributed by atoms with Gasteiger partial charge in [0.2, 0.25) is 17.7 Å². The first-order chi connectivity index (χ1) is 19.3. The molecular weight excluding hydrogens is 512 g/mol. The summed E-state index contributed by atoms with van der Waals surface area (Å²) in [6.45, 7) is 1.46. The van der Waals surface area contributed by atoms with Gasteiger partial charge in [-0.3, -0.25) is 33.6 Å². The lowest BCUT2D eigenvalue weighted by molar-refractivity contribution is -0.137. The summed E-state index contributed by atoms with van der Waals surface area (Å²) < 4.78 is 3.07. The average Bonchev–Trinajstić information content (AvgIpc) is 3.18. The first kappa shape index (κ1) is 29.6. The smallest absolute Gasteiger partial charge is 0.329 e. The second kappa shape index (κ2) is 13.8. The number of nitrogens with one attached hydrogen (secondary N) is 1. The maximum Gasteiger partial charge on any atom is 0.329 e. The highest BCUT2D eigenvalue weighted by atomic mass is 16.4. The lowest BCUT2D eigenvalue weighted by atomic mass is 9.89. The van der Waals surface area contributed by atoms with Crippen molar-refractivity contribution in [3.05, 3.63) is 34.2 Å². The summed E-state index contributed by atoms with van der Waals surface area (Å²) >= 11 is 0. The van der Waals surface area contributed by atoms with Gasteiger partial charge in [-0.2, -0.15) is 0 Å². The highest BCUT2D eigenvalue weighted by Gasteiger charge is 2.31. The van der Waals surface area contributed by atoms with E-state index in [1.54, 1.807) is 11.6 Å². The number of carbonyl (C=O) groups is 4. The molecule has 2 fully saturated rings. The molecule has 0 bridgehead atoms. The first-order valence-electron chi connectivity index (χ1n) is 14.8. The summed E-state index contributed by atoms with van der Waals surface area (Å²) in [5, 5.41) is 11.0. The van der Waals surface area contributed by atoms with Gasteiger partial charge in [-0.15, -0.1) is 0 Å². The number of hydrogen-bond acceptors (Lipinski definition) is 5. The van der Waals surface area contributed by atoms with Crippen molar-refractivity contribution in [2.75, 3.05) is 13.1 Å². The second-order valence-corrected chi connectivity index (χ2v) is 11.3. The predicted octanol–water partition coefficient (Wildman–Crippen LogP) is 4.01. The normalized spacial score (nSPS) is 18.3. The number of imide groups is 1. The molecule has 3 amide bonds. The molecule has 10 nitrogen and oxygen atoms in total. The maximum atomic E-state index is 13.0. The molecule has 10 heteroatoms. The quantitative estimate of drug-likeness (QED) is 0.284. The number of carboxylic acid groups (broad SMARTS) is 1. The van der Waals surface area contributed by atoms with Gasteiger partial charge in [0.05, 0.1) is 11.0 Å². The maximum absolute atomic E-state index is 13.0. The average molecular weight is 555 g/mol. The van der Waals surface area contributed by atoms with E-state index >= 15 is 0 Å². The summed E-state index contributed by atoms with van der Waals surface area (Å²) in [7, 11) is 1.71. The number of aryl methyl sites for hydroxylation is 1. The molecule has 0 saturated carbocycles. The topological polar surface area (TPSA) is 131 Å². The number of hydrogen-bond donors (Lipinski definition) is 2. The van der Waals surface area contributed by atoms with Crippen LogP contribution in [0.25, 0.3) is 11.0 Å². The van der Waals surface area contributed by atoms with Crippen LogP contribution in [0.3, 0.4) is 0 Å². The predicted molar refractivity (Wildman–Crippen MR) is 151 cm³/mol. The van der Waals surface area contributed by atoms with Crippen LogP contribution in [0.1, 0.15) is 107 Å². The monoisotopic (exact) mass is 554 g/mol. The van der Waals surface area contributed by atoms with Gasteiger partial charge in [0.25, 0.3) is 0 Å². The lowest BCUT2D eigenvalue weighted by Gasteiger charge is -2.32. The van der Waals surface area contributed by atoms with Crippen molar-refractivity contribution in [3.8, 4) is 0 Å². The van der Waals surface area contributed by atoms with Gasteiger partial charge in [0.15, 0.2) is 0 Å². The molecule has 40 heavy (non-hydrogen) atoms. The largest absolute Gasteiger partial charge is 0.481 e. The van der Waals surface area contributed by atoms with Crippen LogP contribution in [0.4, 0.5) is 0 Å². The van der Waals surface area contributed by atoms with Crippen LogP contribution >= 0.6 is 0 Å². The molecule has 2 N–H and O–H groups in total. The van der Waals surface area contributed by atoms with Gasteiger partial charge in [0, 0.05) is 39.4 Å². The molecule has 0 spiro atoms. The van der Waals surface area contributed by atoms with Gasteiger partial charge in [-0.1, -0.05) is 44.6 Å². The number of carboxylic acids is 1. The molecule has 1 atom stereocenters. The van der Waals surface area contributed by atoms with Crippen molar-refractivity contribution in [3.63, 3.8) is 0 Å². The minimum atomic E-state index is -0.720. The van der Waals surface area contributed by atoms with E-state index in [1.807, 2.05) is 23.1 Å². The van der Waals surface area contributed by atoms with Crippen molar-refractivity contribution in [1.82, 2.24) is 19.4 Å². The molecule has 4 rings (SSSR count). The number of unbranched alkanes of at least 4 members (excludes halogenated alkanes) is 7. The third-order valence-corrected chi connectivity index (χ3v) is 8.49. The number of aliphatic carboxylic acids is 1. The zero-order valence-electron chi connectivity index (χ0n) is 23.5. The van der Waals surface area contributed by atoms with Crippen LogP contribution in [0, 0.1) is 0 Å². The lowest BCUT2D eigenvalue weighted by Crippen LogP contribution is -2.44. The number of nitrogens with zero attached hydrogens (tertiary/aromatic N) is 3. The van der Waals surface area contributed by atoms with Gasteiger partial charge >= 0.3 is 11.7 Å². The van der Waals surface area contributed by atoms with E-state index in [2.05, 4.69) is 5.32 Å². The summed E-state index contributed by atoms with van der Waals surface area (Å²) in [5.41, 5.74) is 2.33. The fourth-order valence-electron chi connectivity index (χ4n) is 6.10. The van der Waals surface area contributed by atoms with E-state index < -0.39 is 17.9 Å². The van der Waals surface area contributed by atoms with Crippen molar-refractivity contribution in [2.45, 2.75) is 102 Å². The molecule has 0 aliphatic carbocycles. The standard InChI is InChI=1S/C30H42N4O6/c1-32-25-20-22(12-13-23(25)34(30(32)40)24-14-15-26(35)31-29(24)39)21-16-18-33(19-17-21)27(36)10-8-6-4-2-3-5-7-9-11-28(37)38/h12-13,20-21,24H,2-11,14-19H2,1H3,(H,37,38)(H,31,35,39). The molecular formula is C30H42N4O6. The third kappa shape index (κ3) is 7.20. The van der Waals surface area contributed by atoms with Crippen molar-refractivity contribution in [1.29, 1.82) is 0 Å². The Labute approximate surface area is 234 Å². The number of imidazole rings is 1. The van der Waals surface area contributed by atoms with Crippen LogP contribution < -0.4 is 11.0 Å². The number of carbonyl (C=O) groups excluding carboxylic acids is 3. The fraction of sp³-hybridized carbons (Fsp3) is 0.633. The molecule has 1 aromatic carbocycles. The zero-order valence-corrected chi connectivity index (χ0v) is 23.5. The number of benzene rings is 1. The fourth-order valence-corrected chi connectivity index (χ4v) is 6.10. The Morgan fingerprint density at radius 3 is 2.12 bits per heavy atom. The van der Waals surface area contributed by atoms with Gasteiger partial charge in [0.1, 0.15) is 6.04 Å². The number of fused-ring (bicyclic) bond motifs is 1. The summed E-state index contributed by atoms with van der Waals surface area (Å²) in [4.78, 5) is 62.3. The van der Waals surface area contributed by atoms with E-state index in [9.17, 15) is 24.0 Å². The molecule has 0 radical (unpaired) electrons. The van der Waals surface area contributed by atoms with Crippen LogP contribution in [0.15, 0.2) is 23.0 Å². The highest BCUT2D eigenvalue weighted by Crippen LogP contribution is 2.31. The minimum Gasteiger partial charge on any atom is -0.481 e. The van der Waals surface area contributed by atoms with E-state index in [4.69, 9.17) is 5.11 Å². The van der Waals surface area contributed by atoms with Crippen molar-refractivity contribution >= 4 is 34.7 Å². The van der Waals surface area contributed by atoms with Gasteiger partial charge < -0.3 is 10.0 Å². The van der Waals surface area contributed by atoms with E-state index in [0.29, 0.717) is 24.3 Å². The Kier molecular flexibility index (Phi) is 10.2. The Hall–Kier alpha value is -3.43. The molecule has 2 aromatic rings.